The number of allylic oxidation sites excluding steroid dienone is 3. The van der Waals surface area contributed by atoms with Crippen molar-refractivity contribution in [1.82, 2.24) is 0 Å². The first-order chi connectivity index (χ1) is 13.9. The highest BCUT2D eigenvalue weighted by Gasteiger charge is 2.13. The van der Waals surface area contributed by atoms with E-state index in [1.54, 1.807) is 30.3 Å². The molecule has 0 aliphatic rings. The summed E-state index contributed by atoms with van der Waals surface area (Å²) in [5, 5.41) is 40.3. The molecular formula is C24H26O5. The maximum absolute atomic E-state index is 10.4. The lowest BCUT2D eigenvalue weighted by Gasteiger charge is -2.08. The van der Waals surface area contributed by atoms with Crippen molar-refractivity contribution in [2.24, 2.45) is 0 Å². The molecule has 0 fully saturated rings. The lowest BCUT2D eigenvalue weighted by Crippen LogP contribution is -1.88. The van der Waals surface area contributed by atoms with Gasteiger partial charge in [0.05, 0.1) is 6.61 Å². The first-order valence-corrected chi connectivity index (χ1v) is 9.57. The number of furan rings is 1. The molecule has 0 unspecified atom stereocenters. The zero-order valence-electron chi connectivity index (χ0n) is 16.6. The third-order valence-electron chi connectivity index (χ3n) is 4.93. The van der Waals surface area contributed by atoms with E-state index in [0.29, 0.717) is 28.9 Å². The number of phenolic OH excluding ortho intramolecular Hbond substituents is 3. The van der Waals surface area contributed by atoms with Crippen LogP contribution in [0.4, 0.5) is 0 Å². The van der Waals surface area contributed by atoms with Crippen LogP contribution < -0.4 is 0 Å². The Bertz CT molecular complexity index is 1050. The molecule has 0 spiro atoms. The van der Waals surface area contributed by atoms with Crippen molar-refractivity contribution in [3.8, 4) is 28.6 Å². The summed E-state index contributed by atoms with van der Waals surface area (Å²) >= 11 is 0. The van der Waals surface area contributed by atoms with Gasteiger partial charge in [0.15, 0.2) is 0 Å². The Morgan fingerprint density at radius 3 is 2.34 bits per heavy atom. The van der Waals surface area contributed by atoms with Gasteiger partial charge in [-0.3, -0.25) is 0 Å². The number of hydrogen-bond acceptors (Lipinski definition) is 5. The van der Waals surface area contributed by atoms with Gasteiger partial charge >= 0.3 is 0 Å². The topological polar surface area (TPSA) is 94.1 Å². The van der Waals surface area contributed by atoms with E-state index >= 15 is 0 Å². The van der Waals surface area contributed by atoms with Crippen LogP contribution in [0.5, 0.6) is 17.2 Å². The van der Waals surface area contributed by atoms with Crippen LogP contribution in [0.15, 0.2) is 64.1 Å². The van der Waals surface area contributed by atoms with Gasteiger partial charge in [-0.25, -0.2) is 0 Å². The van der Waals surface area contributed by atoms with Crippen LogP contribution >= 0.6 is 0 Å². The van der Waals surface area contributed by atoms with Crippen LogP contribution in [0, 0.1) is 0 Å². The Morgan fingerprint density at radius 1 is 0.931 bits per heavy atom. The molecule has 3 aromatic rings. The molecule has 0 bridgehead atoms. The zero-order chi connectivity index (χ0) is 21.0. The minimum absolute atomic E-state index is 0.00312. The summed E-state index contributed by atoms with van der Waals surface area (Å²) in [4.78, 5) is 0. The van der Waals surface area contributed by atoms with Crippen molar-refractivity contribution in [2.75, 3.05) is 6.61 Å². The van der Waals surface area contributed by atoms with Gasteiger partial charge in [-0.1, -0.05) is 23.3 Å². The van der Waals surface area contributed by atoms with E-state index in [0.717, 1.165) is 29.4 Å². The molecule has 0 saturated carbocycles. The molecule has 5 nitrogen and oxygen atoms in total. The molecule has 2 aromatic carbocycles. The summed E-state index contributed by atoms with van der Waals surface area (Å²) in [6, 6.07) is 9.80. The van der Waals surface area contributed by atoms with E-state index < -0.39 is 0 Å². The minimum Gasteiger partial charge on any atom is -0.508 e. The predicted octanol–water partition coefficient (Wildman–Crippen LogP) is 5.42. The van der Waals surface area contributed by atoms with Gasteiger partial charge < -0.3 is 24.8 Å². The summed E-state index contributed by atoms with van der Waals surface area (Å²) in [6.07, 6.45) is 6.10. The number of aliphatic hydroxyl groups is 1. The Labute approximate surface area is 169 Å². The molecule has 0 aliphatic carbocycles. The SMILES string of the molecule is C/C(=C\CC/C(C)=C/Cc1c(O)cc(-c2cc3ccc(O)cc3o2)cc1O)CO. The first kappa shape index (κ1) is 20.6. The zero-order valence-corrected chi connectivity index (χ0v) is 16.6. The Kier molecular flexibility index (Phi) is 6.29. The van der Waals surface area contributed by atoms with Gasteiger partial charge in [-0.2, -0.15) is 0 Å². The quantitative estimate of drug-likeness (QED) is 0.401. The second kappa shape index (κ2) is 8.88. The molecule has 0 atom stereocenters. The van der Waals surface area contributed by atoms with Gasteiger partial charge in [0.2, 0.25) is 0 Å². The molecule has 5 heteroatoms. The molecule has 0 aliphatic heterocycles. The van der Waals surface area contributed by atoms with Crippen molar-refractivity contribution in [1.29, 1.82) is 0 Å². The van der Waals surface area contributed by atoms with Gasteiger partial charge in [0.25, 0.3) is 0 Å². The second-order valence-electron chi connectivity index (χ2n) is 7.33. The number of benzene rings is 2. The lowest BCUT2D eigenvalue weighted by molar-refractivity contribution is 0.331. The standard InChI is InChI=1S/C24H26O5/c1-15(4-3-5-16(2)14-25)6-9-20-21(27)10-18(11-22(20)28)23-12-17-7-8-19(26)13-24(17)29-23/h5-8,10-13,25-28H,3-4,9,14H2,1-2H3/b15-6+,16-5+. The molecule has 0 saturated heterocycles. The molecule has 4 N–H and O–H groups in total. The monoisotopic (exact) mass is 394 g/mol. The summed E-state index contributed by atoms with van der Waals surface area (Å²) in [6.45, 7) is 3.97. The van der Waals surface area contributed by atoms with E-state index in [9.17, 15) is 15.3 Å². The molecule has 1 aromatic heterocycles. The van der Waals surface area contributed by atoms with Crippen LogP contribution in [-0.4, -0.2) is 27.0 Å². The fraction of sp³-hybridized carbons (Fsp3) is 0.250. The molecule has 0 amide bonds. The summed E-state index contributed by atoms with van der Waals surface area (Å²) in [5.41, 5.74) is 3.65. The first-order valence-electron chi connectivity index (χ1n) is 9.57. The number of fused-ring (bicyclic) bond motifs is 1. The molecule has 152 valence electrons. The number of hydrogen-bond donors (Lipinski definition) is 4. The van der Waals surface area contributed by atoms with E-state index in [1.807, 2.05) is 26.0 Å². The number of aromatic hydroxyl groups is 3. The Hall–Kier alpha value is -3.18. The third-order valence-corrected chi connectivity index (χ3v) is 4.93. The van der Waals surface area contributed by atoms with Gasteiger partial charge in [0, 0.05) is 22.6 Å². The largest absolute Gasteiger partial charge is 0.508 e. The van der Waals surface area contributed by atoms with Crippen LogP contribution in [0.3, 0.4) is 0 Å². The van der Waals surface area contributed by atoms with Crippen molar-refractivity contribution in [3.63, 3.8) is 0 Å². The fourth-order valence-electron chi connectivity index (χ4n) is 3.14. The van der Waals surface area contributed by atoms with Crippen molar-refractivity contribution in [2.45, 2.75) is 33.1 Å². The van der Waals surface area contributed by atoms with E-state index in [2.05, 4.69) is 0 Å². The fourth-order valence-corrected chi connectivity index (χ4v) is 3.14. The molecular weight excluding hydrogens is 368 g/mol. The van der Waals surface area contributed by atoms with E-state index in [4.69, 9.17) is 9.52 Å². The van der Waals surface area contributed by atoms with Gasteiger partial charge in [-0.05, 0) is 63.4 Å². The van der Waals surface area contributed by atoms with Crippen molar-refractivity contribution in [3.05, 3.63) is 65.3 Å². The molecule has 29 heavy (non-hydrogen) atoms. The number of aliphatic hydroxyl groups excluding tert-OH is 1. The van der Waals surface area contributed by atoms with E-state index in [1.165, 1.54) is 6.07 Å². The highest BCUT2D eigenvalue weighted by atomic mass is 16.3. The minimum atomic E-state index is 0.00312. The van der Waals surface area contributed by atoms with Crippen LogP contribution in [0.1, 0.15) is 32.3 Å². The Morgan fingerprint density at radius 2 is 1.66 bits per heavy atom. The maximum atomic E-state index is 10.4. The lowest BCUT2D eigenvalue weighted by atomic mass is 10.0. The normalized spacial score (nSPS) is 12.7. The van der Waals surface area contributed by atoms with Crippen molar-refractivity contribution >= 4 is 11.0 Å². The second-order valence-corrected chi connectivity index (χ2v) is 7.33. The summed E-state index contributed by atoms with van der Waals surface area (Å²) in [7, 11) is 0. The highest BCUT2D eigenvalue weighted by molar-refractivity contribution is 5.84. The van der Waals surface area contributed by atoms with E-state index in [-0.39, 0.29) is 23.9 Å². The van der Waals surface area contributed by atoms with Crippen molar-refractivity contribution < 1.29 is 24.8 Å². The highest BCUT2D eigenvalue weighted by Crippen LogP contribution is 2.37. The molecule has 1 heterocycles. The van der Waals surface area contributed by atoms with Crippen LogP contribution in [-0.2, 0) is 6.42 Å². The average molecular weight is 394 g/mol. The summed E-state index contributed by atoms with van der Waals surface area (Å²) < 4.78 is 5.74. The average Bonchev–Trinajstić information content (AvgIpc) is 3.10. The number of phenols is 3. The maximum Gasteiger partial charge on any atom is 0.138 e. The summed E-state index contributed by atoms with van der Waals surface area (Å²) in [5.74, 6) is 0.621. The Balaban J connectivity index is 1.77. The molecule has 0 radical (unpaired) electrons. The number of rotatable bonds is 7. The predicted molar refractivity (Wildman–Crippen MR) is 114 cm³/mol. The van der Waals surface area contributed by atoms with Crippen LogP contribution in [0.2, 0.25) is 0 Å². The van der Waals surface area contributed by atoms with Gasteiger partial charge in [0.1, 0.15) is 28.6 Å². The van der Waals surface area contributed by atoms with Crippen LogP contribution in [0.25, 0.3) is 22.3 Å². The third kappa shape index (κ3) is 5.00. The van der Waals surface area contributed by atoms with Gasteiger partial charge in [-0.15, -0.1) is 0 Å². The molecule has 3 rings (SSSR count). The smallest absolute Gasteiger partial charge is 0.138 e.